The minimum Gasteiger partial charge on any atom is -0.478 e. The quantitative estimate of drug-likeness (QED) is 0.868. The predicted octanol–water partition coefficient (Wildman–Crippen LogP) is 1.64. The molecule has 6 heteroatoms. The summed E-state index contributed by atoms with van der Waals surface area (Å²) in [7, 11) is 0. The molecule has 0 aromatic heterocycles. The molecule has 1 fully saturated rings. The van der Waals surface area contributed by atoms with Crippen LogP contribution >= 0.6 is 0 Å². The Labute approximate surface area is 122 Å². The van der Waals surface area contributed by atoms with Crippen LogP contribution < -0.4 is 10.2 Å². The van der Waals surface area contributed by atoms with Gasteiger partial charge in [0.05, 0.1) is 17.7 Å². The zero-order valence-electron chi connectivity index (χ0n) is 11.9. The number of carbonyl (C=O) groups excluding carboxylic acids is 1. The summed E-state index contributed by atoms with van der Waals surface area (Å²) in [5.74, 6) is -0.985. The Bertz CT molecular complexity index is 593. The number of nitrogens with zero attached hydrogens (tertiary/aromatic N) is 1. The van der Waals surface area contributed by atoms with Gasteiger partial charge in [-0.1, -0.05) is 6.07 Å². The molecule has 0 saturated carbocycles. The Balaban J connectivity index is 1.81. The Morgan fingerprint density at radius 1 is 1.43 bits per heavy atom. The number of amides is 2. The van der Waals surface area contributed by atoms with E-state index < -0.39 is 5.97 Å². The maximum Gasteiger partial charge on any atom is 0.335 e. The highest BCUT2D eigenvalue weighted by molar-refractivity contribution is 5.97. The van der Waals surface area contributed by atoms with Gasteiger partial charge in [-0.25, -0.2) is 9.59 Å². The Kier molecular flexibility index (Phi) is 3.33. The highest BCUT2D eigenvalue weighted by Gasteiger charge is 2.34. The molecule has 1 aromatic rings. The normalized spacial score (nSPS) is 24.0. The van der Waals surface area contributed by atoms with Crippen molar-refractivity contribution in [2.45, 2.75) is 25.3 Å². The predicted molar refractivity (Wildman–Crippen MR) is 76.8 cm³/mol. The highest BCUT2D eigenvalue weighted by atomic mass is 16.5. The molecule has 2 aliphatic rings. The van der Waals surface area contributed by atoms with Crippen LogP contribution in [0.4, 0.5) is 10.5 Å². The molecule has 0 aliphatic carbocycles. The minimum absolute atomic E-state index is 0.190. The van der Waals surface area contributed by atoms with Crippen molar-refractivity contribution in [2.75, 3.05) is 24.7 Å². The summed E-state index contributed by atoms with van der Waals surface area (Å²) >= 11 is 0. The first-order valence-electron chi connectivity index (χ1n) is 7.02. The van der Waals surface area contributed by atoms with Gasteiger partial charge in [0.1, 0.15) is 0 Å². The van der Waals surface area contributed by atoms with E-state index in [4.69, 9.17) is 9.84 Å². The molecule has 2 N–H and O–H groups in total. The summed E-state index contributed by atoms with van der Waals surface area (Å²) in [6.45, 7) is 3.69. The lowest BCUT2D eigenvalue weighted by molar-refractivity contribution is 0.0697. The smallest absolute Gasteiger partial charge is 0.335 e. The number of carbonyl (C=O) groups is 2. The van der Waals surface area contributed by atoms with Crippen LogP contribution in [-0.4, -0.2) is 42.4 Å². The molecule has 0 bridgehead atoms. The molecule has 1 aromatic carbocycles. The van der Waals surface area contributed by atoms with Crippen LogP contribution in [0.2, 0.25) is 0 Å². The van der Waals surface area contributed by atoms with E-state index in [0.29, 0.717) is 25.4 Å². The zero-order valence-corrected chi connectivity index (χ0v) is 11.9. The number of nitrogens with one attached hydrogen (secondary N) is 1. The molecule has 0 spiro atoms. The number of benzene rings is 1. The first kappa shape index (κ1) is 13.9. The second kappa shape index (κ2) is 5.04. The van der Waals surface area contributed by atoms with E-state index in [0.717, 1.165) is 18.4 Å². The summed E-state index contributed by atoms with van der Waals surface area (Å²) in [6.07, 6.45) is 1.53. The molecule has 3 rings (SSSR count). The molecule has 21 heavy (non-hydrogen) atoms. The summed E-state index contributed by atoms with van der Waals surface area (Å²) in [4.78, 5) is 25.2. The SMILES string of the molecule is CC1(NC(=O)N2CCc3ccc(C(=O)O)cc32)CCOC1. The molecule has 1 atom stereocenters. The fourth-order valence-corrected chi connectivity index (χ4v) is 2.81. The fourth-order valence-electron chi connectivity index (χ4n) is 2.81. The van der Waals surface area contributed by atoms with E-state index >= 15 is 0 Å². The van der Waals surface area contributed by atoms with Crippen molar-refractivity contribution in [3.63, 3.8) is 0 Å². The van der Waals surface area contributed by atoms with E-state index in [9.17, 15) is 9.59 Å². The minimum atomic E-state index is -0.985. The summed E-state index contributed by atoms with van der Waals surface area (Å²) < 4.78 is 5.33. The largest absolute Gasteiger partial charge is 0.478 e. The third-order valence-electron chi connectivity index (χ3n) is 4.10. The molecule has 2 aliphatic heterocycles. The van der Waals surface area contributed by atoms with Crippen LogP contribution in [0.3, 0.4) is 0 Å². The zero-order chi connectivity index (χ0) is 15.0. The maximum atomic E-state index is 12.5. The molecule has 112 valence electrons. The van der Waals surface area contributed by atoms with E-state index in [-0.39, 0.29) is 17.1 Å². The second-order valence-electron chi connectivity index (χ2n) is 5.84. The monoisotopic (exact) mass is 290 g/mol. The van der Waals surface area contributed by atoms with E-state index in [1.54, 1.807) is 23.1 Å². The number of fused-ring (bicyclic) bond motifs is 1. The number of rotatable bonds is 2. The third kappa shape index (κ3) is 2.58. The van der Waals surface area contributed by atoms with Crippen LogP contribution in [0.1, 0.15) is 29.3 Å². The van der Waals surface area contributed by atoms with E-state index in [1.807, 2.05) is 6.92 Å². The van der Waals surface area contributed by atoms with Gasteiger partial charge in [-0.15, -0.1) is 0 Å². The number of carboxylic acids is 1. The first-order chi connectivity index (χ1) is 9.98. The van der Waals surface area contributed by atoms with Gasteiger partial charge in [0, 0.05) is 18.8 Å². The Morgan fingerprint density at radius 2 is 2.24 bits per heavy atom. The Hall–Kier alpha value is -2.08. The van der Waals surface area contributed by atoms with Gasteiger partial charge in [0.15, 0.2) is 0 Å². The van der Waals surface area contributed by atoms with E-state index in [2.05, 4.69) is 5.32 Å². The maximum absolute atomic E-state index is 12.5. The third-order valence-corrected chi connectivity index (χ3v) is 4.10. The lowest BCUT2D eigenvalue weighted by Crippen LogP contribution is -2.51. The van der Waals surface area contributed by atoms with Crippen molar-refractivity contribution in [2.24, 2.45) is 0 Å². The molecule has 6 nitrogen and oxygen atoms in total. The van der Waals surface area contributed by atoms with E-state index in [1.165, 1.54) is 0 Å². The van der Waals surface area contributed by atoms with Crippen LogP contribution in [0.15, 0.2) is 18.2 Å². The summed E-state index contributed by atoms with van der Waals surface area (Å²) in [6, 6.07) is 4.74. The van der Waals surface area contributed by atoms with Gasteiger partial charge in [-0.2, -0.15) is 0 Å². The summed E-state index contributed by atoms with van der Waals surface area (Å²) in [5.41, 5.74) is 1.55. The topological polar surface area (TPSA) is 78.9 Å². The number of hydrogen-bond donors (Lipinski definition) is 2. The molecule has 1 saturated heterocycles. The second-order valence-corrected chi connectivity index (χ2v) is 5.84. The lowest BCUT2D eigenvalue weighted by Gasteiger charge is -2.27. The number of anilines is 1. The molecular formula is C15H18N2O4. The van der Waals surface area contributed by atoms with Gasteiger partial charge < -0.3 is 15.2 Å². The van der Waals surface area contributed by atoms with Crippen LogP contribution in [0.25, 0.3) is 0 Å². The van der Waals surface area contributed by atoms with Gasteiger partial charge in [-0.05, 0) is 37.5 Å². The van der Waals surface area contributed by atoms with Gasteiger partial charge >= 0.3 is 12.0 Å². The average molecular weight is 290 g/mol. The van der Waals surface area contributed by atoms with Crippen molar-refractivity contribution < 1.29 is 19.4 Å². The molecule has 1 unspecified atom stereocenters. The number of urea groups is 1. The van der Waals surface area contributed by atoms with Gasteiger partial charge in [0.2, 0.25) is 0 Å². The van der Waals surface area contributed by atoms with Crippen molar-refractivity contribution in [1.29, 1.82) is 0 Å². The van der Waals surface area contributed by atoms with Crippen molar-refractivity contribution in [3.05, 3.63) is 29.3 Å². The fraction of sp³-hybridized carbons (Fsp3) is 0.467. The number of ether oxygens (including phenoxy) is 1. The number of aromatic carboxylic acids is 1. The number of hydrogen-bond acceptors (Lipinski definition) is 3. The Morgan fingerprint density at radius 3 is 2.90 bits per heavy atom. The molecule has 0 radical (unpaired) electrons. The first-order valence-corrected chi connectivity index (χ1v) is 7.02. The summed E-state index contributed by atoms with van der Waals surface area (Å²) in [5, 5.41) is 12.1. The van der Waals surface area contributed by atoms with Crippen molar-refractivity contribution in [1.82, 2.24) is 5.32 Å². The van der Waals surface area contributed by atoms with Crippen molar-refractivity contribution >= 4 is 17.7 Å². The standard InChI is InChI=1S/C15H18N2O4/c1-15(5-7-21-9-15)16-14(20)17-6-4-10-2-3-11(13(18)19)8-12(10)17/h2-3,8H,4-7,9H2,1H3,(H,16,20)(H,18,19). The lowest BCUT2D eigenvalue weighted by atomic mass is 10.0. The molecule has 2 amide bonds. The van der Waals surface area contributed by atoms with Gasteiger partial charge in [-0.3, -0.25) is 4.90 Å². The van der Waals surface area contributed by atoms with Crippen molar-refractivity contribution in [3.8, 4) is 0 Å². The van der Waals surface area contributed by atoms with Crippen LogP contribution in [-0.2, 0) is 11.2 Å². The van der Waals surface area contributed by atoms with Crippen LogP contribution in [0.5, 0.6) is 0 Å². The highest BCUT2D eigenvalue weighted by Crippen LogP contribution is 2.30. The van der Waals surface area contributed by atoms with Crippen LogP contribution in [0, 0.1) is 0 Å². The van der Waals surface area contributed by atoms with Gasteiger partial charge in [0.25, 0.3) is 0 Å². The molecular weight excluding hydrogens is 272 g/mol. The number of carboxylic acid groups (broad SMARTS) is 1. The molecule has 2 heterocycles. The average Bonchev–Trinajstić information content (AvgIpc) is 3.04.